The predicted octanol–water partition coefficient (Wildman–Crippen LogP) is 2.04. The van der Waals surface area contributed by atoms with Crippen molar-refractivity contribution in [3.05, 3.63) is 16.1 Å². The monoisotopic (exact) mass is 187 g/mol. The molecule has 1 aliphatic heterocycles. The Morgan fingerprint density at radius 2 is 2.09 bits per heavy atom. The number of nitrogens with zero attached hydrogens (tertiary/aromatic N) is 3. The lowest BCUT2D eigenvalue weighted by Gasteiger charge is -1.97. The number of rotatable bonds is 0. The molecule has 0 radical (unpaired) electrons. The first-order valence-corrected chi connectivity index (χ1v) is 3.77. The highest BCUT2D eigenvalue weighted by atomic mass is 35.5. The fourth-order valence-electron chi connectivity index (χ4n) is 0.936. The molecule has 1 aromatic rings. The van der Waals surface area contributed by atoms with Crippen LogP contribution >= 0.6 is 23.2 Å². The molecular formula is C6H3Cl2N3. The lowest BCUT2D eigenvalue weighted by atomic mass is 10.3. The van der Waals surface area contributed by atoms with E-state index >= 15 is 0 Å². The van der Waals surface area contributed by atoms with Crippen LogP contribution in [0.5, 0.6) is 0 Å². The fraction of sp³-hybridized carbons (Fsp3) is 0.167. The first kappa shape index (κ1) is 7.00. The third-order valence-electron chi connectivity index (χ3n) is 1.39. The van der Waals surface area contributed by atoms with E-state index in [4.69, 9.17) is 23.2 Å². The second-order valence-corrected chi connectivity index (χ2v) is 2.79. The van der Waals surface area contributed by atoms with Gasteiger partial charge < -0.3 is 0 Å². The molecule has 0 amide bonds. The number of fused-ring (bicyclic) bond motifs is 1. The van der Waals surface area contributed by atoms with E-state index in [0.29, 0.717) is 17.3 Å². The summed E-state index contributed by atoms with van der Waals surface area (Å²) in [7, 11) is 0. The minimum absolute atomic E-state index is 0.180. The normalized spacial score (nSPS) is 13.6. The zero-order chi connectivity index (χ0) is 7.84. The van der Waals surface area contributed by atoms with Gasteiger partial charge in [-0.1, -0.05) is 11.6 Å². The van der Waals surface area contributed by atoms with Gasteiger partial charge in [-0.05, 0) is 11.6 Å². The molecule has 0 fully saturated rings. The van der Waals surface area contributed by atoms with Crippen molar-refractivity contribution in [3.63, 3.8) is 0 Å². The minimum atomic E-state index is 0.180. The summed E-state index contributed by atoms with van der Waals surface area (Å²) in [6.45, 7) is 0. The van der Waals surface area contributed by atoms with E-state index in [-0.39, 0.29) is 5.28 Å². The number of hydrogen-bond acceptors (Lipinski definition) is 3. The second kappa shape index (κ2) is 2.43. The first-order valence-electron chi connectivity index (χ1n) is 3.02. The topological polar surface area (TPSA) is 38.1 Å². The van der Waals surface area contributed by atoms with Crippen LogP contribution in [0.2, 0.25) is 10.4 Å². The van der Waals surface area contributed by atoms with Crippen molar-refractivity contribution >= 4 is 35.1 Å². The van der Waals surface area contributed by atoms with Crippen molar-refractivity contribution in [1.82, 2.24) is 9.97 Å². The molecule has 2 rings (SSSR count). The zero-order valence-corrected chi connectivity index (χ0v) is 6.89. The zero-order valence-electron chi connectivity index (χ0n) is 5.38. The smallest absolute Gasteiger partial charge is 0.224 e. The Balaban J connectivity index is 2.67. The van der Waals surface area contributed by atoms with Crippen LogP contribution < -0.4 is 0 Å². The third kappa shape index (κ3) is 1.10. The summed E-state index contributed by atoms with van der Waals surface area (Å²) in [5.41, 5.74) is 1.45. The van der Waals surface area contributed by atoms with E-state index in [0.717, 1.165) is 5.69 Å². The molecule has 0 saturated carbocycles. The summed E-state index contributed by atoms with van der Waals surface area (Å²) in [5.74, 6) is 0. The van der Waals surface area contributed by atoms with Gasteiger partial charge in [0.15, 0.2) is 5.15 Å². The van der Waals surface area contributed by atoms with Gasteiger partial charge in [0, 0.05) is 12.6 Å². The van der Waals surface area contributed by atoms with Crippen molar-refractivity contribution in [3.8, 4) is 0 Å². The second-order valence-electron chi connectivity index (χ2n) is 2.09. The minimum Gasteiger partial charge on any atom is -0.256 e. The summed E-state index contributed by atoms with van der Waals surface area (Å²) in [5, 5.41) is 0.507. The Labute approximate surface area is 73.1 Å². The fourth-order valence-corrected chi connectivity index (χ4v) is 1.40. The summed E-state index contributed by atoms with van der Waals surface area (Å²) >= 11 is 11.3. The van der Waals surface area contributed by atoms with Crippen LogP contribution in [-0.4, -0.2) is 16.2 Å². The van der Waals surface area contributed by atoms with Gasteiger partial charge in [-0.15, -0.1) is 0 Å². The first-order chi connectivity index (χ1) is 5.27. The summed E-state index contributed by atoms with van der Waals surface area (Å²) in [6, 6.07) is 0. The van der Waals surface area contributed by atoms with Gasteiger partial charge in [0.25, 0.3) is 0 Å². The number of halogens is 2. The average molecular weight is 188 g/mol. The number of aliphatic imine (C=N–C) groups is 1. The maximum atomic E-state index is 5.73. The van der Waals surface area contributed by atoms with Gasteiger partial charge in [0.05, 0.1) is 5.69 Å². The molecule has 5 heteroatoms. The van der Waals surface area contributed by atoms with E-state index in [1.807, 2.05) is 0 Å². The summed E-state index contributed by atoms with van der Waals surface area (Å²) in [6.07, 6.45) is 2.43. The van der Waals surface area contributed by atoms with Gasteiger partial charge in [0.2, 0.25) is 5.28 Å². The quantitative estimate of drug-likeness (QED) is 0.461. The summed E-state index contributed by atoms with van der Waals surface area (Å²) < 4.78 is 0. The van der Waals surface area contributed by atoms with Gasteiger partial charge >= 0.3 is 0 Å². The number of hydrogen-bond donors (Lipinski definition) is 0. The van der Waals surface area contributed by atoms with Crippen LogP contribution in [0.3, 0.4) is 0 Å². The molecule has 56 valence electrons. The van der Waals surface area contributed by atoms with Gasteiger partial charge in [-0.2, -0.15) is 0 Å². The molecule has 0 unspecified atom stereocenters. The highest BCUT2D eigenvalue weighted by Crippen LogP contribution is 2.30. The van der Waals surface area contributed by atoms with E-state index in [2.05, 4.69) is 15.0 Å². The van der Waals surface area contributed by atoms with Crippen molar-refractivity contribution in [2.24, 2.45) is 4.99 Å². The van der Waals surface area contributed by atoms with Gasteiger partial charge in [-0.25, -0.2) is 9.97 Å². The van der Waals surface area contributed by atoms with E-state index in [1.165, 1.54) is 0 Å². The Morgan fingerprint density at radius 3 is 2.91 bits per heavy atom. The Hall–Kier alpha value is -0.670. The molecule has 0 bridgehead atoms. The Kier molecular flexibility index (Phi) is 1.55. The van der Waals surface area contributed by atoms with Crippen molar-refractivity contribution in [2.75, 3.05) is 0 Å². The predicted molar refractivity (Wildman–Crippen MR) is 43.9 cm³/mol. The molecule has 11 heavy (non-hydrogen) atoms. The van der Waals surface area contributed by atoms with Crippen LogP contribution in [0.25, 0.3) is 0 Å². The molecule has 0 aromatic carbocycles. The SMILES string of the molecule is Clc1nc(Cl)c2c(n1)CC=N2. The van der Waals surface area contributed by atoms with Crippen molar-refractivity contribution < 1.29 is 0 Å². The molecule has 3 nitrogen and oxygen atoms in total. The Bertz CT molecular complexity index is 335. The van der Waals surface area contributed by atoms with Crippen LogP contribution in [-0.2, 0) is 6.42 Å². The average Bonchev–Trinajstić information content (AvgIpc) is 2.34. The largest absolute Gasteiger partial charge is 0.256 e. The van der Waals surface area contributed by atoms with Crippen molar-refractivity contribution in [1.29, 1.82) is 0 Å². The van der Waals surface area contributed by atoms with Crippen LogP contribution in [0, 0.1) is 0 Å². The molecule has 0 saturated heterocycles. The van der Waals surface area contributed by atoms with Crippen LogP contribution in [0.4, 0.5) is 5.69 Å². The highest BCUT2D eigenvalue weighted by Gasteiger charge is 2.13. The lowest BCUT2D eigenvalue weighted by molar-refractivity contribution is 1.09. The maximum absolute atomic E-state index is 5.73. The standard InChI is InChI=1S/C6H3Cl2N3/c7-5-4-3(1-2-9-4)10-6(8)11-5/h2H,1H2. The Morgan fingerprint density at radius 1 is 1.27 bits per heavy atom. The molecule has 2 heterocycles. The molecule has 0 N–H and O–H groups in total. The molecular weight excluding hydrogens is 185 g/mol. The molecule has 0 atom stereocenters. The molecule has 1 aliphatic rings. The van der Waals surface area contributed by atoms with Gasteiger partial charge in [0.1, 0.15) is 5.69 Å². The number of aromatic nitrogens is 2. The van der Waals surface area contributed by atoms with Gasteiger partial charge in [-0.3, -0.25) is 4.99 Å². The molecule has 0 aliphatic carbocycles. The van der Waals surface area contributed by atoms with E-state index < -0.39 is 0 Å². The van der Waals surface area contributed by atoms with Crippen LogP contribution in [0.15, 0.2) is 4.99 Å². The van der Waals surface area contributed by atoms with Crippen LogP contribution in [0.1, 0.15) is 5.69 Å². The highest BCUT2D eigenvalue weighted by molar-refractivity contribution is 6.33. The summed E-state index contributed by atoms with van der Waals surface area (Å²) in [4.78, 5) is 11.7. The lowest BCUT2D eigenvalue weighted by Crippen LogP contribution is -1.89. The molecule has 1 aromatic heterocycles. The maximum Gasteiger partial charge on any atom is 0.224 e. The third-order valence-corrected chi connectivity index (χ3v) is 1.82. The van der Waals surface area contributed by atoms with E-state index in [1.54, 1.807) is 6.21 Å². The van der Waals surface area contributed by atoms with E-state index in [9.17, 15) is 0 Å². The molecule has 0 spiro atoms. The van der Waals surface area contributed by atoms with Crippen molar-refractivity contribution in [2.45, 2.75) is 6.42 Å².